The van der Waals surface area contributed by atoms with Crippen molar-refractivity contribution in [3.63, 3.8) is 0 Å². The van der Waals surface area contributed by atoms with Crippen molar-refractivity contribution in [1.29, 1.82) is 0 Å². The summed E-state index contributed by atoms with van der Waals surface area (Å²) < 4.78 is 42.2. The molecule has 0 aliphatic rings. The number of alkyl halides is 3. The first-order valence-corrected chi connectivity index (χ1v) is 5.70. The van der Waals surface area contributed by atoms with Crippen molar-refractivity contribution in [1.82, 2.24) is 4.57 Å². The van der Waals surface area contributed by atoms with Gasteiger partial charge in [-0.15, -0.1) is 0 Å². The van der Waals surface area contributed by atoms with E-state index in [1.54, 1.807) is 13.8 Å². The van der Waals surface area contributed by atoms with Gasteiger partial charge in [-0.25, -0.2) is 4.79 Å². The average molecular weight is 289 g/mol. The molecule has 1 rings (SSSR count). The molecule has 20 heavy (non-hydrogen) atoms. The molecule has 4 nitrogen and oxygen atoms in total. The van der Waals surface area contributed by atoms with Crippen molar-refractivity contribution < 1.29 is 27.5 Å². The molecule has 0 fully saturated rings. The van der Waals surface area contributed by atoms with Crippen LogP contribution in [0.4, 0.5) is 13.2 Å². The number of aldehydes is 1. The number of halogens is 3. The molecule has 7 heteroatoms. The lowest BCUT2D eigenvalue weighted by Gasteiger charge is -2.08. The number of hydrogen-bond donors (Lipinski definition) is 0. The number of allylic oxidation sites excluding steroid dienone is 2. The number of carbonyl (C=O) groups is 2. The molecule has 0 unspecified atom stereocenters. The zero-order chi connectivity index (χ0) is 15.5. The quantitative estimate of drug-likeness (QED) is 0.486. The van der Waals surface area contributed by atoms with Crippen molar-refractivity contribution >= 4 is 12.3 Å². The molecule has 0 aliphatic heterocycles. The van der Waals surface area contributed by atoms with E-state index in [0.29, 0.717) is 17.5 Å². The minimum Gasteiger partial charge on any atom is -0.464 e. The number of methoxy groups -OCH3 is 1. The lowest BCUT2D eigenvalue weighted by Crippen LogP contribution is -2.13. The van der Waals surface area contributed by atoms with E-state index >= 15 is 0 Å². The number of carbonyl (C=O) groups excluding carboxylic acids is 2. The number of hydrogen-bond acceptors (Lipinski definition) is 3. The zero-order valence-electron chi connectivity index (χ0n) is 11.2. The summed E-state index contributed by atoms with van der Waals surface area (Å²) in [5, 5.41) is 0. The van der Waals surface area contributed by atoms with Crippen LogP contribution in [0.25, 0.3) is 0 Å². The molecule has 0 radical (unpaired) electrons. The first-order chi connectivity index (χ1) is 9.22. The van der Waals surface area contributed by atoms with E-state index in [2.05, 4.69) is 4.74 Å². The van der Waals surface area contributed by atoms with Crippen molar-refractivity contribution in [2.24, 2.45) is 0 Å². The first-order valence-electron chi connectivity index (χ1n) is 5.70. The molecule has 0 aromatic carbocycles. The van der Waals surface area contributed by atoms with E-state index < -0.39 is 12.1 Å². The number of nitrogens with zero attached hydrogens (tertiary/aromatic N) is 1. The fourth-order valence-electron chi connectivity index (χ4n) is 1.87. The Labute approximate surface area is 113 Å². The fourth-order valence-corrected chi connectivity index (χ4v) is 1.87. The smallest absolute Gasteiger partial charge is 0.409 e. The molecule has 0 aliphatic carbocycles. The summed E-state index contributed by atoms with van der Waals surface area (Å²) in [5.74, 6) is -0.760. The Bertz CT molecular complexity index is 556. The zero-order valence-corrected chi connectivity index (χ0v) is 11.2. The Hall–Kier alpha value is -2.05. The highest BCUT2D eigenvalue weighted by atomic mass is 19.4. The maximum atomic E-state index is 12.1. The van der Waals surface area contributed by atoms with Crippen LogP contribution in [0, 0.1) is 13.8 Å². The molecule has 110 valence electrons. The van der Waals surface area contributed by atoms with Crippen LogP contribution in [0.5, 0.6) is 0 Å². The molecule has 0 bridgehead atoms. The lowest BCUT2D eigenvalue weighted by atomic mass is 10.1. The molecule has 0 N–H and O–H groups in total. The second-order valence-corrected chi connectivity index (χ2v) is 4.14. The maximum absolute atomic E-state index is 12.1. The minimum absolute atomic E-state index is 0.0377. The van der Waals surface area contributed by atoms with Gasteiger partial charge < -0.3 is 9.30 Å². The lowest BCUT2D eigenvalue weighted by molar-refractivity contribution is -0.0800. The molecule has 0 spiro atoms. The number of aromatic nitrogens is 1. The standard InChI is InChI=1S/C13H14F3NO3/c1-8-9(2)17(6-4-5-13(14,15)16)11(10(8)7-18)12(19)20-3/h4-5,7H,6H2,1-3H3/b5-4+. The first kappa shape index (κ1) is 16.0. The third kappa shape index (κ3) is 3.28. The maximum Gasteiger partial charge on any atom is 0.409 e. The van der Waals surface area contributed by atoms with Crippen molar-refractivity contribution in [3.05, 3.63) is 34.7 Å². The van der Waals surface area contributed by atoms with Crippen LogP contribution >= 0.6 is 0 Å². The molecule has 1 aromatic heterocycles. The Morgan fingerprint density at radius 3 is 2.40 bits per heavy atom. The minimum atomic E-state index is -4.42. The van der Waals surface area contributed by atoms with Gasteiger partial charge in [-0.1, -0.05) is 6.08 Å². The molecule has 0 atom stereocenters. The van der Waals surface area contributed by atoms with E-state index in [-0.39, 0.29) is 23.9 Å². The normalized spacial score (nSPS) is 11.9. The molecule has 0 saturated heterocycles. The van der Waals surface area contributed by atoms with Gasteiger partial charge >= 0.3 is 12.1 Å². The van der Waals surface area contributed by atoms with Gasteiger partial charge in [0.1, 0.15) is 5.69 Å². The number of esters is 1. The van der Waals surface area contributed by atoms with Crippen molar-refractivity contribution in [2.45, 2.75) is 26.6 Å². The van der Waals surface area contributed by atoms with E-state index in [9.17, 15) is 22.8 Å². The summed E-state index contributed by atoms with van der Waals surface area (Å²) in [5.41, 5.74) is 1.18. The number of ether oxygens (including phenoxy) is 1. The highest BCUT2D eigenvalue weighted by Gasteiger charge is 2.24. The summed E-state index contributed by atoms with van der Waals surface area (Å²) in [6, 6.07) is 0. The highest BCUT2D eigenvalue weighted by molar-refractivity contribution is 5.98. The summed E-state index contributed by atoms with van der Waals surface area (Å²) in [6.07, 6.45) is -2.95. The number of rotatable bonds is 4. The van der Waals surface area contributed by atoms with Crippen LogP contribution in [0.1, 0.15) is 32.1 Å². The fraction of sp³-hybridized carbons (Fsp3) is 0.385. The SMILES string of the molecule is COC(=O)c1c(C=O)c(C)c(C)n1C/C=C/C(F)(F)F. The average Bonchev–Trinajstić information content (AvgIpc) is 2.60. The van der Waals surface area contributed by atoms with Gasteiger partial charge in [-0.2, -0.15) is 13.2 Å². The van der Waals surface area contributed by atoms with Crippen LogP contribution in [0.15, 0.2) is 12.2 Å². The monoisotopic (exact) mass is 289 g/mol. The third-order valence-corrected chi connectivity index (χ3v) is 2.97. The second kappa shape index (κ2) is 5.94. The summed E-state index contributed by atoms with van der Waals surface area (Å²) >= 11 is 0. The highest BCUT2D eigenvalue weighted by Crippen LogP contribution is 2.22. The van der Waals surface area contributed by atoms with Crippen molar-refractivity contribution in [2.75, 3.05) is 7.11 Å². The van der Waals surface area contributed by atoms with E-state index in [0.717, 1.165) is 13.2 Å². The van der Waals surface area contributed by atoms with Crippen molar-refractivity contribution in [3.8, 4) is 0 Å². The third-order valence-electron chi connectivity index (χ3n) is 2.97. The van der Waals surface area contributed by atoms with Gasteiger partial charge in [0.15, 0.2) is 6.29 Å². The van der Waals surface area contributed by atoms with Gasteiger partial charge in [0.2, 0.25) is 0 Å². The van der Waals surface area contributed by atoms with Gasteiger partial charge in [0.25, 0.3) is 0 Å². The van der Waals surface area contributed by atoms with Crippen LogP contribution in [-0.2, 0) is 11.3 Å². The van der Waals surface area contributed by atoms with Gasteiger partial charge in [0.05, 0.1) is 12.7 Å². The van der Waals surface area contributed by atoms with Gasteiger partial charge in [-0.3, -0.25) is 4.79 Å². The predicted molar refractivity (Wildman–Crippen MR) is 65.8 cm³/mol. The Kier molecular flexibility index (Phi) is 4.75. The molecule has 0 saturated carbocycles. The van der Waals surface area contributed by atoms with E-state index in [4.69, 9.17) is 0 Å². The van der Waals surface area contributed by atoms with Crippen LogP contribution < -0.4 is 0 Å². The molecule has 1 aromatic rings. The topological polar surface area (TPSA) is 48.3 Å². The van der Waals surface area contributed by atoms with E-state index in [1.165, 1.54) is 4.57 Å². The predicted octanol–water partition coefficient (Wildman–Crippen LogP) is 2.82. The molecule has 1 heterocycles. The second-order valence-electron chi connectivity index (χ2n) is 4.14. The van der Waals surface area contributed by atoms with E-state index in [1.807, 2.05) is 0 Å². The molecular weight excluding hydrogens is 275 g/mol. The Balaban J connectivity index is 3.28. The summed E-state index contributed by atoms with van der Waals surface area (Å²) in [6.45, 7) is 3.07. The van der Waals surface area contributed by atoms with Gasteiger partial charge in [0, 0.05) is 18.3 Å². The summed E-state index contributed by atoms with van der Waals surface area (Å²) in [7, 11) is 1.14. The van der Waals surface area contributed by atoms with Crippen LogP contribution in [0.2, 0.25) is 0 Å². The largest absolute Gasteiger partial charge is 0.464 e. The Morgan fingerprint density at radius 2 is 1.95 bits per heavy atom. The van der Waals surface area contributed by atoms with Gasteiger partial charge in [-0.05, 0) is 19.4 Å². The Morgan fingerprint density at radius 1 is 1.35 bits per heavy atom. The van der Waals surface area contributed by atoms with Crippen LogP contribution in [0.3, 0.4) is 0 Å². The summed E-state index contributed by atoms with van der Waals surface area (Å²) in [4.78, 5) is 22.7. The molecule has 0 amide bonds. The van der Waals surface area contributed by atoms with Crippen LogP contribution in [-0.4, -0.2) is 30.1 Å². The molecular formula is C13H14F3NO3.